The number of hydrogen-bond donors (Lipinski definition) is 2. The molecule has 24 heavy (non-hydrogen) atoms. The summed E-state index contributed by atoms with van der Waals surface area (Å²) >= 11 is 0. The molecule has 3 rings (SSSR count). The first kappa shape index (κ1) is 16.1. The van der Waals surface area contributed by atoms with Crippen LogP contribution in [0.1, 0.15) is 18.4 Å². The van der Waals surface area contributed by atoms with Crippen molar-refractivity contribution in [3.05, 3.63) is 60.0 Å². The molecule has 3 aromatic rings. The summed E-state index contributed by atoms with van der Waals surface area (Å²) < 4.78 is 18.2. The SMILES string of the molecule is COc1cc(F)ccc1NC(=O)CCCc1c[nH]c2ccccc12. The van der Waals surface area contributed by atoms with Gasteiger partial charge in [0.2, 0.25) is 5.91 Å². The Morgan fingerprint density at radius 1 is 1.25 bits per heavy atom. The zero-order chi connectivity index (χ0) is 16.9. The number of aromatic nitrogens is 1. The van der Waals surface area contributed by atoms with E-state index in [1.54, 1.807) is 0 Å². The van der Waals surface area contributed by atoms with E-state index >= 15 is 0 Å². The molecule has 0 unspecified atom stereocenters. The van der Waals surface area contributed by atoms with E-state index in [9.17, 15) is 9.18 Å². The average molecular weight is 326 g/mol. The van der Waals surface area contributed by atoms with Crippen LogP contribution in [-0.4, -0.2) is 18.0 Å². The maximum absolute atomic E-state index is 13.2. The molecule has 0 fully saturated rings. The highest BCUT2D eigenvalue weighted by Gasteiger charge is 2.09. The van der Waals surface area contributed by atoms with Gasteiger partial charge >= 0.3 is 0 Å². The number of halogens is 1. The predicted octanol–water partition coefficient (Wildman–Crippen LogP) is 4.28. The van der Waals surface area contributed by atoms with E-state index in [1.165, 1.54) is 36.3 Å². The lowest BCUT2D eigenvalue weighted by molar-refractivity contribution is -0.116. The molecule has 5 heteroatoms. The van der Waals surface area contributed by atoms with Crippen LogP contribution in [-0.2, 0) is 11.2 Å². The van der Waals surface area contributed by atoms with Gasteiger partial charge in [0, 0.05) is 29.6 Å². The van der Waals surface area contributed by atoms with Crippen LogP contribution in [0.5, 0.6) is 5.75 Å². The summed E-state index contributed by atoms with van der Waals surface area (Å²) in [5.74, 6) is -0.191. The first-order chi connectivity index (χ1) is 11.7. The fraction of sp³-hybridized carbons (Fsp3) is 0.211. The first-order valence-corrected chi connectivity index (χ1v) is 7.86. The van der Waals surface area contributed by atoms with E-state index in [-0.39, 0.29) is 5.91 Å². The number of carbonyl (C=O) groups is 1. The van der Waals surface area contributed by atoms with Gasteiger partial charge in [0.25, 0.3) is 0 Å². The highest BCUT2D eigenvalue weighted by molar-refractivity contribution is 5.92. The Labute approximate surface area is 139 Å². The van der Waals surface area contributed by atoms with Crippen LogP contribution in [0.25, 0.3) is 10.9 Å². The number of carbonyl (C=O) groups excluding carboxylic acids is 1. The van der Waals surface area contributed by atoms with Crippen molar-refractivity contribution in [1.82, 2.24) is 4.98 Å². The van der Waals surface area contributed by atoms with Gasteiger partial charge in [-0.05, 0) is 36.6 Å². The summed E-state index contributed by atoms with van der Waals surface area (Å²) in [5.41, 5.74) is 2.79. The molecule has 0 bridgehead atoms. The van der Waals surface area contributed by atoms with Gasteiger partial charge in [-0.25, -0.2) is 4.39 Å². The molecule has 1 heterocycles. The van der Waals surface area contributed by atoms with Gasteiger partial charge in [-0.1, -0.05) is 18.2 Å². The normalized spacial score (nSPS) is 10.8. The number of aryl methyl sites for hydroxylation is 1. The second-order valence-corrected chi connectivity index (χ2v) is 5.61. The van der Waals surface area contributed by atoms with Crippen LogP contribution in [0.15, 0.2) is 48.7 Å². The van der Waals surface area contributed by atoms with Gasteiger partial charge in [0.1, 0.15) is 11.6 Å². The number of amides is 1. The number of ether oxygens (including phenoxy) is 1. The Hall–Kier alpha value is -2.82. The third-order valence-electron chi connectivity index (χ3n) is 3.96. The Kier molecular flexibility index (Phi) is 4.79. The van der Waals surface area contributed by atoms with Crippen LogP contribution in [0.3, 0.4) is 0 Å². The van der Waals surface area contributed by atoms with Gasteiger partial charge in [0.05, 0.1) is 12.8 Å². The Bertz CT molecular complexity index is 857. The third-order valence-corrected chi connectivity index (χ3v) is 3.96. The molecule has 0 saturated heterocycles. The molecule has 0 aliphatic heterocycles. The molecular weight excluding hydrogens is 307 g/mol. The fourth-order valence-electron chi connectivity index (χ4n) is 2.76. The number of anilines is 1. The summed E-state index contributed by atoms with van der Waals surface area (Å²) in [6.45, 7) is 0. The molecule has 0 spiro atoms. The molecule has 1 aromatic heterocycles. The van der Waals surface area contributed by atoms with Crippen molar-refractivity contribution in [2.45, 2.75) is 19.3 Å². The van der Waals surface area contributed by atoms with Crippen molar-refractivity contribution in [3.63, 3.8) is 0 Å². The van der Waals surface area contributed by atoms with Crippen molar-refractivity contribution in [2.24, 2.45) is 0 Å². The first-order valence-electron chi connectivity index (χ1n) is 7.86. The van der Waals surface area contributed by atoms with Gasteiger partial charge in [0.15, 0.2) is 0 Å². The van der Waals surface area contributed by atoms with E-state index in [0.717, 1.165) is 18.4 Å². The summed E-state index contributed by atoms with van der Waals surface area (Å²) in [5, 5.41) is 3.96. The van der Waals surface area contributed by atoms with Crippen molar-refractivity contribution in [3.8, 4) is 5.75 Å². The molecule has 1 amide bonds. The molecule has 0 atom stereocenters. The number of fused-ring (bicyclic) bond motifs is 1. The van der Waals surface area contributed by atoms with E-state index in [4.69, 9.17) is 4.74 Å². The number of hydrogen-bond acceptors (Lipinski definition) is 2. The van der Waals surface area contributed by atoms with Gasteiger partial charge in [-0.2, -0.15) is 0 Å². The van der Waals surface area contributed by atoms with Crippen molar-refractivity contribution in [2.75, 3.05) is 12.4 Å². The lowest BCUT2D eigenvalue weighted by Crippen LogP contribution is -2.12. The number of aromatic amines is 1. The average Bonchev–Trinajstić information content (AvgIpc) is 3.00. The minimum Gasteiger partial charge on any atom is -0.494 e. The molecule has 124 valence electrons. The zero-order valence-electron chi connectivity index (χ0n) is 13.4. The van der Waals surface area contributed by atoms with Gasteiger partial charge < -0.3 is 15.0 Å². The summed E-state index contributed by atoms with van der Waals surface area (Å²) in [6.07, 6.45) is 3.93. The number of rotatable bonds is 6. The smallest absolute Gasteiger partial charge is 0.224 e. The zero-order valence-corrected chi connectivity index (χ0v) is 13.4. The maximum atomic E-state index is 13.2. The lowest BCUT2D eigenvalue weighted by atomic mass is 10.1. The Morgan fingerprint density at radius 2 is 2.08 bits per heavy atom. The summed E-state index contributed by atoms with van der Waals surface area (Å²) in [6, 6.07) is 12.2. The maximum Gasteiger partial charge on any atom is 0.224 e. The van der Waals surface area contributed by atoms with Crippen LogP contribution < -0.4 is 10.1 Å². The highest BCUT2D eigenvalue weighted by Crippen LogP contribution is 2.25. The standard InChI is InChI=1S/C19H19FN2O2/c1-24-18-11-14(20)9-10-17(18)22-19(23)8-4-5-13-12-21-16-7-3-2-6-15(13)16/h2-3,6-7,9-12,21H,4-5,8H2,1H3,(H,22,23). The van der Waals surface area contributed by atoms with Crippen LogP contribution in [0, 0.1) is 5.82 Å². The second-order valence-electron chi connectivity index (χ2n) is 5.61. The Balaban J connectivity index is 1.56. The Morgan fingerprint density at radius 3 is 2.92 bits per heavy atom. The number of benzene rings is 2. The lowest BCUT2D eigenvalue weighted by Gasteiger charge is -2.10. The minimum atomic E-state index is -0.399. The van der Waals surface area contributed by atoms with Crippen molar-refractivity contribution < 1.29 is 13.9 Å². The molecule has 2 N–H and O–H groups in total. The third kappa shape index (κ3) is 3.56. The van der Waals surface area contributed by atoms with Crippen molar-refractivity contribution >= 4 is 22.5 Å². The highest BCUT2D eigenvalue weighted by atomic mass is 19.1. The number of methoxy groups -OCH3 is 1. The van der Waals surface area contributed by atoms with Crippen LogP contribution in [0.4, 0.5) is 10.1 Å². The molecule has 0 aliphatic rings. The van der Waals surface area contributed by atoms with E-state index in [2.05, 4.69) is 16.4 Å². The number of para-hydroxylation sites is 1. The molecule has 2 aromatic carbocycles. The van der Waals surface area contributed by atoms with Gasteiger partial charge in [-0.3, -0.25) is 4.79 Å². The molecule has 4 nitrogen and oxygen atoms in total. The number of nitrogens with one attached hydrogen (secondary N) is 2. The topological polar surface area (TPSA) is 54.1 Å². The monoisotopic (exact) mass is 326 g/mol. The van der Waals surface area contributed by atoms with E-state index in [0.29, 0.717) is 17.9 Å². The molecule has 0 aliphatic carbocycles. The van der Waals surface area contributed by atoms with Crippen LogP contribution >= 0.6 is 0 Å². The summed E-state index contributed by atoms with van der Waals surface area (Å²) in [4.78, 5) is 15.3. The van der Waals surface area contributed by atoms with E-state index < -0.39 is 5.82 Å². The van der Waals surface area contributed by atoms with Gasteiger partial charge in [-0.15, -0.1) is 0 Å². The van der Waals surface area contributed by atoms with Crippen LogP contribution in [0.2, 0.25) is 0 Å². The quantitative estimate of drug-likeness (QED) is 0.710. The van der Waals surface area contributed by atoms with E-state index in [1.807, 2.05) is 24.4 Å². The van der Waals surface area contributed by atoms with Crippen molar-refractivity contribution in [1.29, 1.82) is 0 Å². The summed E-state index contributed by atoms with van der Waals surface area (Å²) in [7, 11) is 1.45. The molecule has 0 saturated carbocycles. The minimum absolute atomic E-state index is 0.111. The predicted molar refractivity (Wildman–Crippen MR) is 92.8 cm³/mol. The molecule has 0 radical (unpaired) electrons. The fourth-order valence-corrected chi connectivity index (χ4v) is 2.76. The second kappa shape index (κ2) is 7.17. The number of H-pyrrole nitrogens is 1. The largest absolute Gasteiger partial charge is 0.494 e. The molecular formula is C19H19FN2O2.